The third-order valence-electron chi connectivity index (χ3n) is 3.76. The van der Waals surface area contributed by atoms with Crippen molar-refractivity contribution >= 4 is 0 Å². The van der Waals surface area contributed by atoms with E-state index in [1.165, 1.54) is 5.56 Å². The van der Waals surface area contributed by atoms with Crippen LogP contribution in [0.1, 0.15) is 29.4 Å². The van der Waals surface area contributed by atoms with Crippen LogP contribution in [0.15, 0.2) is 30.6 Å². The van der Waals surface area contributed by atoms with Crippen LogP contribution >= 0.6 is 0 Å². The molecular weight excluding hydrogens is 250 g/mol. The Morgan fingerprint density at radius 2 is 2.20 bits per heavy atom. The lowest BCUT2D eigenvalue weighted by molar-refractivity contribution is 0.409. The maximum absolute atomic E-state index is 5.41. The Hall–Kier alpha value is -1.81. The lowest BCUT2D eigenvalue weighted by atomic mass is 10.00. The molecule has 1 aromatic carbocycles. The lowest BCUT2D eigenvalue weighted by Gasteiger charge is -2.18. The average molecular weight is 273 g/mol. The summed E-state index contributed by atoms with van der Waals surface area (Å²) >= 11 is 0. The van der Waals surface area contributed by atoms with Gasteiger partial charge >= 0.3 is 0 Å². The molecule has 108 valence electrons. The molecule has 1 unspecified atom stereocenters. The van der Waals surface area contributed by atoms with Gasteiger partial charge in [0.2, 0.25) is 0 Å². The van der Waals surface area contributed by atoms with Crippen LogP contribution in [0.2, 0.25) is 0 Å². The molecule has 0 spiro atoms. The highest BCUT2D eigenvalue weighted by atomic mass is 16.5. The predicted octanol–water partition coefficient (Wildman–Crippen LogP) is 2.63. The molecule has 1 aromatic heterocycles. The second kappa shape index (κ2) is 6.57. The van der Waals surface area contributed by atoms with Gasteiger partial charge in [-0.3, -0.25) is 0 Å². The van der Waals surface area contributed by atoms with Gasteiger partial charge in [-0.2, -0.15) is 0 Å². The van der Waals surface area contributed by atoms with Crippen molar-refractivity contribution in [2.24, 2.45) is 7.05 Å². The molecule has 0 radical (unpaired) electrons. The highest BCUT2D eigenvalue weighted by Crippen LogP contribution is 2.25. The number of aromatic nitrogens is 2. The molecule has 1 atom stereocenters. The minimum Gasteiger partial charge on any atom is -0.496 e. The van der Waals surface area contributed by atoms with Gasteiger partial charge in [-0.1, -0.05) is 12.1 Å². The van der Waals surface area contributed by atoms with Crippen LogP contribution in [0, 0.1) is 6.92 Å². The summed E-state index contributed by atoms with van der Waals surface area (Å²) in [5, 5.41) is 3.38. The summed E-state index contributed by atoms with van der Waals surface area (Å²) in [6, 6.07) is 6.70. The Kier molecular flexibility index (Phi) is 4.79. The Morgan fingerprint density at radius 3 is 2.80 bits per heavy atom. The van der Waals surface area contributed by atoms with Crippen molar-refractivity contribution in [1.82, 2.24) is 14.9 Å². The first kappa shape index (κ1) is 14.6. The van der Waals surface area contributed by atoms with Crippen LogP contribution in [0.3, 0.4) is 0 Å². The van der Waals surface area contributed by atoms with Crippen LogP contribution in [0.25, 0.3) is 0 Å². The normalized spacial score (nSPS) is 12.4. The standard InChI is InChI=1S/C16H23N3O/c1-12-5-6-13(11-15(12)20-4)14(17-2)7-8-16-18-9-10-19(16)3/h5-6,9-11,14,17H,7-8H2,1-4H3. The maximum Gasteiger partial charge on any atom is 0.122 e. The predicted molar refractivity (Wildman–Crippen MR) is 81.1 cm³/mol. The first-order valence-corrected chi connectivity index (χ1v) is 6.93. The van der Waals surface area contributed by atoms with E-state index in [9.17, 15) is 0 Å². The second-order valence-corrected chi connectivity index (χ2v) is 5.06. The Labute approximate surface area is 120 Å². The van der Waals surface area contributed by atoms with Crippen molar-refractivity contribution in [3.8, 4) is 5.75 Å². The highest BCUT2D eigenvalue weighted by Gasteiger charge is 2.12. The molecule has 0 saturated carbocycles. The molecule has 2 aromatic rings. The first-order valence-electron chi connectivity index (χ1n) is 6.93. The minimum atomic E-state index is 0.307. The molecule has 1 N–H and O–H groups in total. The Bertz CT molecular complexity index is 563. The van der Waals surface area contributed by atoms with Crippen LogP contribution in [-0.2, 0) is 13.5 Å². The van der Waals surface area contributed by atoms with Crippen LogP contribution < -0.4 is 10.1 Å². The molecule has 0 aliphatic heterocycles. The average Bonchev–Trinajstić information content (AvgIpc) is 2.86. The number of nitrogens with one attached hydrogen (secondary N) is 1. The van der Waals surface area contributed by atoms with Gasteiger partial charge in [0.05, 0.1) is 7.11 Å². The summed E-state index contributed by atoms with van der Waals surface area (Å²) in [6.07, 6.45) is 5.79. The van der Waals surface area contributed by atoms with Gasteiger partial charge < -0.3 is 14.6 Å². The van der Waals surface area contributed by atoms with Crippen molar-refractivity contribution in [3.63, 3.8) is 0 Å². The van der Waals surface area contributed by atoms with Crippen molar-refractivity contribution in [1.29, 1.82) is 0 Å². The topological polar surface area (TPSA) is 39.1 Å². The highest BCUT2D eigenvalue weighted by molar-refractivity contribution is 5.37. The maximum atomic E-state index is 5.41. The van der Waals surface area contributed by atoms with Gasteiger partial charge in [0.15, 0.2) is 0 Å². The summed E-state index contributed by atoms with van der Waals surface area (Å²) in [5.41, 5.74) is 2.42. The van der Waals surface area contributed by atoms with E-state index in [2.05, 4.69) is 40.0 Å². The number of hydrogen-bond acceptors (Lipinski definition) is 3. The number of aryl methyl sites for hydroxylation is 3. The quantitative estimate of drug-likeness (QED) is 0.879. The number of rotatable bonds is 6. The molecule has 0 fully saturated rings. The molecule has 2 rings (SSSR count). The smallest absolute Gasteiger partial charge is 0.122 e. The van der Waals surface area contributed by atoms with E-state index in [-0.39, 0.29) is 0 Å². The first-order chi connectivity index (χ1) is 9.65. The number of hydrogen-bond donors (Lipinski definition) is 1. The molecule has 0 bridgehead atoms. The van der Waals surface area contributed by atoms with Gasteiger partial charge in [0, 0.05) is 31.9 Å². The lowest BCUT2D eigenvalue weighted by Crippen LogP contribution is -2.18. The zero-order valence-electron chi connectivity index (χ0n) is 12.7. The molecule has 0 aliphatic carbocycles. The second-order valence-electron chi connectivity index (χ2n) is 5.06. The van der Waals surface area contributed by atoms with Gasteiger partial charge in [-0.15, -0.1) is 0 Å². The van der Waals surface area contributed by atoms with Crippen LogP contribution in [0.4, 0.5) is 0 Å². The fourth-order valence-corrected chi connectivity index (χ4v) is 2.44. The van der Waals surface area contributed by atoms with Crippen molar-refractivity contribution in [3.05, 3.63) is 47.5 Å². The molecule has 0 saturated heterocycles. The summed E-state index contributed by atoms with van der Waals surface area (Å²) in [4.78, 5) is 4.37. The fourth-order valence-electron chi connectivity index (χ4n) is 2.44. The zero-order chi connectivity index (χ0) is 14.5. The monoisotopic (exact) mass is 273 g/mol. The van der Waals surface area contributed by atoms with Crippen molar-refractivity contribution in [2.45, 2.75) is 25.8 Å². The van der Waals surface area contributed by atoms with Crippen molar-refractivity contribution < 1.29 is 4.74 Å². The van der Waals surface area contributed by atoms with Gasteiger partial charge in [-0.05, 0) is 37.6 Å². The minimum absolute atomic E-state index is 0.307. The van der Waals surface area contributed by atoms with E-state index >= 15 is 0 Å². The summed E-state index contributed by atoms with van der Waals surface area (Å²) < 4.78 is 7.48. The largest absolute Gasteiger partial charge is 0.496 e. The Balaban J connectivity index is 2.10. The molecule has 4 heteroatoms. The number of nitrogens with zero attached hydrogens (tertiary/aromatic N) is 2. The molecular formula is C16H23N3O. The third-order valence-corrected chi connectivity index (χ3v) is 3.76. The molecule has 1 heterocycles. The van der Waals surface area contributed by atoms with E-state index in [0.717, 1.165) is 30.0 Å². The molecule has 0 amide bonds. The molecule has 4 nitrogen and oxygen atoms in total. The van der Waals surface area contributed by atoms with Gasteiger partial charge in [0.25, 0.3) is 0 Å². The van der Waals surface area contributed by atoms with E-state index < -0.39 is 0 Å². The van der Waals surface area contributed by atoms with Gasteiger partial charge in [0.1, 0.15) is 11.6 Å². The SMILES string of the molecule is CNC(CCc1nccn1C)c1ccc(C)c(OC)c1. The number of ether oxygens (including phenoxy) is 1. The van der Waals surface area contributed by atoms with Crippen LogP contribution in [-0.4, -0.2) is 23.7 Å². The summed E-state index contributed by atoms with van der Waals surface area (Å²) in [5.74, 6) is 2.06. The summed E-state index contributed by atoms with van der Waals surface area (Å²) in [7, 11) is 5.75. The number of benzene rings is 1. The van der Waals surface area contributed by atoms with E-state index in [4.69, 9.17) is 4.74 Å². The zero-order valence-corrected chi connectivity index (χ0v) is 12.7. The van der Waals surface area contributed by atoms with E-state index in [0.29, 0.717) is 6.04 Å². The molecule has 0 aliphatic rings. The number of imidazole rings is 1. The van der Waals surface area contributed by atoms with Crippen LogP contribution in [0.5, 0.6) is 5.75 Å². The number of methoxy groups -OCH3 is 1. The summed E-state index contributed by atoms with van der Waals surface area (Å²) in [6.45, 7) is 2.06. The van der Waals surface area contributed by atoms with Crippen molar-refractivity contribution in [2.75, 3.05) is 14.2 Å². The molecule has 20 heavy (non-hydrogen) atoms. The van der Waals surface area contributed by atoms with E-state index in [1.807, 2.05) is 26.5 Å². The van der Waals surface area contributed by atoms with E-state index in [1.54, 1.807) is 7.11 Å². The fraction of sp³-hybridized carbons (Fsp3) is 0.438. The third kappa shape index (κ3) is 3.20. The Morgan fingerprint density at radius 1 is 1.40 bits per heavy atom. The van der Waals surface area contributed by atoms with Gasteiger partial charge in [-0.25, -0.2) is 4.98 Å².